The van der Waals surface area contributed by atoms with Gasteiger partial charge in [-0.2, -0.15) is 0 Å². The fraction of sp³-hybridized carbons (Fsp3) is 0.214. The minimum atomic E-state index is 0.0485. The first kappa shape index (κ1) is 11.6. The van der Waals surface area contributed by atoms with E-state index in [0.717, 1.165) is 11.4 Å². The summed E-state index contributed by atoms with van der Waals surface area (Å²) in [4.78, 5) is 4.41. The lowest BCUT2D eigenvalue weighted by Gasteiger charge is -2.18. The van der Waals surface area contributed by atoms with Gasteiger partial charge in [0.2, 0.25) is 0 Å². The number of hydrogen-bond donors (Lipinski definition) is 1. The van der Waals surface area contributed by atoms with Crippen LogP contribution in [-0.4, -0.2) is 19.1 Å². The van der Waals surface area contributed by atoms with Crippen molar-refractivity contribution in [1.82, 2.24) is 10.3 Å². The van der Waals surface area contributed by atoms with E-state index < -0.39 is 0 Å². The van der Waals surface area contributed by atoms with Crippen LogP contribution in [0.25, 0.3) is 0 Å². The first-order valence-corrected chi connectivity index (χ1v) is 5.58. The Hall–Kier alpha value is -1.87. The molecule has 1 aromatic carbocycles. The summed E-state index contributed by atoms with van der Waals surface area (Å²) in [6.07, 6.45) is 1.78. The van der Waals surface area contributed by atoms with Gasteiger partial charge in [-0.1, -0.05) is 30.3 Å². The van der Waals surface area contributed by atoms with Crippen LogP contribution < -0.4 is 10.1 Å². The Labute approximate surface area is 101 Å². The molecule has 88 valence electrons. The summed E-state index contributed by atoms with van der Waals surface area (Å²) in [5, 5.41) is 3.27. The van der Waals surface area contributed by atoms with Crippen LogP contribution in [0.15, 0.2) is 48.7 Å². The highest BCUT2D eigenvalue weighted by atomic mass is 16.5. The number of benzene rings is 1. The highest BCUT2D eigenvalue weighted by molar-refractivity contribution is 5.36. The molecular formula is C14H16N2O. The van der Waals surface area contributed by atoms with Crippen LogP contribution in [0.1, 0.15) is 17.3 Å². The molecular weight excluding hydrogens is 212 g/mol. The van der Waals surface area contributed by atoms with E-state index in [2.05, 4.69) is 22.4 Å². The molecule has 0 radical (unpaired) electrons. The number of pyridine rings is 1. The molecule has 1 N–H and O–H groups in total. The van der Waals surface area contributed by atoms with Crippen molar-refractivity contribution in [1.29, 1.82) is 0 Å². The molecule has 1 atom stereocenters. The monoisotopic (exact) mass is 228 g/mol. The number of rotatable bonds is 4. The molecule has 1 aromatic heterocycles. The maximum absolute atomic E-state index is 5.35. The molecule has 1 heterocycles. The molecule has 0 bridgehead atoms. The van der Waals surface area contributed by atoms with Crippen LogP contribution in [0, 0.1) is 0 Å². The normalized spacial score (nSPS) is 12.1. The Balaban J connectivity index is 2.42. The fourth-order valence-corrected chi connectivity index (χ4v) is 1.90. The van der Waals surface area contributed by atoms with Gasteiger partial charge < -0.3 is 10.1 Å². The SMILES string of the molecule is CNC(c1ccccc1)c1ncccc1OC. The predicted molar refractivity (Wildman–Crippen MR) is 68.1 cm³/mol. The molecule has 0 fully saturated rings. The second kappa shape index (κ2) is 5.46. The van der Waals surface area contributed by atoms with Crippen molar-refractivity contribution < 1.29 is 4.74 Å². The first-order chi connectivity index (χ1) is 8.36. The summed E-state index contributed by atoms with van der Waals surface area (Å²) >= 11 is 0. The van der Waals surface area contributed by atoms with Gasteiger partial charge in [0.05, 0.1) is 13.2 Å². The molecule has 17 heavy (non-hydrogen) atoms. The standard InChI is InChI=1S/C14H16N2O/c1-15-13(11-7-4-3-5-8-11)14-12(17-2)9-6-10-16-14/h3-10,13,15H,1-2H3. The zero-order chi connectivity index (χ0) is 12.1. The average molecular weight is 228 g/mol. The second-order valence-corrected chi connectivity index (χ2v) is 3.72. The molecule has 1 unspecified atom stereocenters. The van der Waals surface area contributed by atoms with E-state index in [9.17, 15) is 0 Å². The molecule has 0 saturated heterocycles. The molecule has 0 aliphatic rings. The van der Waals surface area contributed by atoms with E-state index in [4.69, 9.17) is 4.74 Å². The Morgan fingerprint density at radius 3 is 2.53 bits per heavy atom. The van der Waals surface area contributed by atoms with E-state index in [0.29, 0.717) is 0 Å². The van der Waals surface area contributed by atoms with Crippen LogP contribution in [0.2, 0.25) is 0 Å². The van der Waals surface area contributed by atoms with Crippen molar-refractivity contribution in [3.8, 4) is 5.75 Å². The summed E-state index contributed by atoms with van der Waals surface area (Å²) in [5.74, 6) is 0.802. The van der Waals surface area contributed by atoms with Crippen molar-refractivity contribution in [3.63, 3.8) is 0 Å². The third kappa shape index (κ3) is 2.45. The van der Waals surface area contributed by atoms with Gasteiger partial charge in [0.15, 0.2) is 0 Å². The van der Waals surface area contributed by atoms with Crippen molar-refractivity contribution in [2.24, 2.45) is 0 Å². The molecule has 0 aliphatic carbocycles. The highest BCUT2D eigenvalue weighted by Crippen LogP contribution is 2.27. The minimum absolute atomic E-state index is 0.0485. The van der Waals surface area contributed by atoms with Gasteiger partial charge >= 0.3 is 0 Å². The number of nitrogens with one attached hydrogen (secondary N) is 1. The van der Waals surface area contributed by atoms with E-state index in [1.54, 1.807) is 13.3 Å². The lowest BCUT2D eigenvalue weighted by Crippen LogP contribution is -2.19. The maximum atomic E-state index is 5.35. The van der Waals surface area contributed by atoms with E-state index in [-0.39, 0.29) is 6.04 Å². The number of hydrogen-bond acceptors (Lipinski definition) is 3. The highest BCUT2D eigenvalue weighted by Gasteiger charge is 2.17. The van der Waals surface area contributed by atoms with Crippen LogP contribution in [-0.2, 0) is 0 Å². The van der Waals surface area contributed by atoms with Crippen molar-refractivity contribution in [2.45, 2.75) is 6.04 Å². The number of methoxy groups -OCH3 is 1. The number of nitrogens with zero attached hydrogens (tertiary/aromatic N) is 1. The summed E-state index contributed by atoms with van der Waals surface area (Å²) in [6, 6.07) is 14.1. The van der Waals surface area contributed by atoms with Crippen LogP contribution in [0.4, 0.5) is 0 Å². The smallest absolute Gasteiger partial charge is 0.142 e. The molecule has 2 rings (SSSR count). The van der Waals surface area contributed by atoms with Crippen molar-refractivity contribution >= 4 is 0 Å². The molecule has 0 amide bonds. The summed E-state index contributed by atoms with van der Waals surface area (Å²) in [5.41, 5.74) is 2.08. The predicted octanol–water partition coefficient (Wildman–Crippen LogP) is 2.40. The Morgan fingerprint density at radius 1 is 1.12 bits per heavy atom. The third-order valence-electron chi connectivity index (χ3n) is 2.71. The van der Waals surface area contributed by atoms with Gasteiger partial charge in [-0.15, -0.1) is 0 Å². The molecule has 0 saturated carbocycles. The van der Waals surface area contributed by atoms with Crippen LogP contribution in [0.3, 0.4) is 0 Å². The second-order valence-electron chi connectivity index (χ2n) is 3.72. The van der Waals surface area contributed by atoms with Crippen molar-refractivity contribution in [3.05, 3.63) is 59.9 Å². The van der Waals surface area contributed by atoms with E-state index in [1.165, 1.54) is 5.56 Å². The van der Waals surface area contributed by atoms with Gasteiger partial charge in [0.25, 0.3) is 0 Å². The lowest BCUT2D eigenvalue weighted by molar-refractivity contribution is 0.401. The summed E-state index contributed by atoms with van der Waals surface area (Å²) < 4.78 is 5.35. The van der Waals surface area contributed by atoms with Gasteiger partial charge in [0, 0.05) is 6.20 Å². The molecule has 3 nitrogen and oxygen atoms in total. The number of aromatic nitrogens is 1. The maximum Gasteiger partial charge on any atom is 0.142 e. The molecule has 2 aromatic rings. The van der Waals surface area contributed by atoms with E-state index in [1.807, 2.05) is 37.4 Å². The van der Waals surface area contributed by atoms with Gasteiger partial charge in [-0.3, -0.25) is 4.98 Å². The number of ether oxygens (including phenoxy) is 1. The topological polar surface area (TPSA) is 34.2 Å². The molecule has 3 heteroatoms. The Kier molecular flexibility index (Phi) is 3.73. The largest absolute Gasteiger partial charge is 0.495 e. The van der Waals surface area contributed by atoms with Gasteiger partial charge in [-0.25, -0.2) is 0 Å². The Morgan fingerprint density at radius 2 is 1.88 bits per heavy atom. The lowest BCUT2D eigenvalue weighted by atomic mass is 10.0. The molecule has 0 spiro atoms. The summed E-state index contributed by atoms with van der Waals surface area (Å²) in [7, 11) is 3.59. The quantitative estimate of drug-likeness (QED) is 0.872. The third-order valence-corrected chi connectivity index (χ3v) is 2.71. The first-order valence-electron chi connectivity index (χ1n) is 5.58. The van der Waals surface area contributed by atoms with Crippen LogP contribution in [0.5, 0.6) is 5.75 Å². The average Bonchev–Trinajstić information content (AvgIpc) is 2.41. The fourth-order valence-electron chi connectivity index (χ4n) is 1.90. The van der Waals surface area contributed by atoms with E-state index >= 15 is 0 Å². The zero-order valence-corrected chi connectivity index (χ0v) is 10.1. The molecule has 0 aliphatic heterocycles. The van der Waals surface area contributed by atoms with Crippen LogP contribution >= 0.6 is 0 Å². The summed E-state index contributed by atoms with van der Waals surface area (Å²) in [6.45, 7) is 0. The van der Waals surface area contributed by atoms with Crippen molar-refractivity contribution in [2.75, 3.05) is 14.2 Å². The zero-order valence-electron chi connectivity index (χ0n) is 10.1. The Bertz CT molecular complexity index is 471. The minimum Gasteiger partial charge on any atom is -0.495 e. The van der Waals surface area contributed by atoms with Gasteiger partial charge in [-0.05, 0) is 24.7 Å². The van der Waals surface area contributed by atoms with Gasteiger partial charge in [0.1, 0.15) is 11.4 Å².